The highest BCUT2D eigenvalue weighted by molar-refractivity contribution is 5.39. The van der Waals surface area contributed by atoms with Gasteiger partial charge in [0.05, 0.1) is 12.2 Å². The number of hydrogen-bond donors (Lipinski definition) is 0. The van der Waals surface area contributed by atoms with Gasteiger partial charge in [0.2, 0.25) is 0 Å². The Kier molecular flexibility index (Phi) is 13.0. The molecule has 0 fully saturated rings. The molecule has 0 N–H and O–H groups in total. The van der Waals surface area contributed by atoms with Crippen molar-refractivity contribution in [3.63, 3.8) is 0 Å². The van der Waals surface area contributed by atoms with Crippen LogP contribution in [0.15, 0.2) is 79.4 Å². The summed E-state index contributed by atoms with van der Waals surface area (Å²) in [6.07, 6.45) is 24.9. The zero-order valence-corrected chi connectivity index (χ0v) is 21.9. The topological polar surface area (TPSA) is 17.0 Å². The maximum Gasteiger partial charge on any atom is 0.177 e. The Labute approximate surface area is 213 Å². The molecular formula is C32H46N2O+2. The van der Waals surface area contributed by atoms with Crippen LogP contribution in [0.3, 0.4) is 0 Å². The fraction of sp³-hybridized carbons (Fsp3) is 0.500. The fourth-order valence-electron chi connectivity index (χ4n) is 4.66. The molecule has 0 amide bonds. The monoisotopic (exact) mass is 474 g/mol. The van der Waals surface area contributed by atoms with Crippen molar-refractivity contribution < 1.29 is 13.9 Å². The van der Waals surface area contributed by atoms with E-state index in [1.165, 1.54) is 81.8 Å². The molecular weight excluding hydrogens is 428 g/mol. The van der Waals surface area contributed by atoms with Gasteiger partial charge in [-0.1, -0.05) is 102 Å². The maximum atomic E-state index is 6.36. The summed E-state index contributed by atoms with van der Waals surface area (Å²) >= 11 is 0. The van der Waals surface area contributed by atoms with Crippen LogP contribution in [0.2, 0.25) is 0 Å². The number of ether oxygens (including phenoxy) is 1. The van der Waals surface area contributed by atoms with Gasteiger partial charge in [0.1, 0.15) is 5.75 Å². The fourth-order valence-corrected chi connectivity index (χ4v) is 4.66. The third-order valence-electron chi connectivity index (χ3n) is 6.73. The minimum Gasteiger partial charge on any atom is -0.493 e. The van der Waals surface area contributed by atoms with Gasteiger partial charge in [0, 0.05) is 29.8 Å². The molecule has 0 saturated heterocycles. The van der Waals surface area contributed by atoms with Gasteiger partial charge in [-0.2, -0.15) is 0 Å². The SMILES string of the molecule is CCCCCCCCCCCCCCOc1cccc(C[n+]2ccccc2)c1C[n+]1ccccc1. The third-order valence-corrected chi connectivity index (χ3v) is 6.73. The van der Waals surface area contributed by atoms with E-state index < -0.39 is 0 Å². The average Bonchev–Trinajstić information content (AvgIpc) is 2.89. The van der Waals surface area contributed by atoms with Crippen LogP contribution in [0.5, 0.6) is 5.75 Å². The van der Waals surface area contributed by atoms with Gasteiger partial charge in [0.25, 0.3) is 0 Å². The van der Waals surface area contributed by atoms with Crippen molar-refractivity contribution >= 4 is 0 Å². The average molecular weight is 475 g/mol. The number of pyridine rings is 2. The summed E-state index contributed by atoms with van der Waals surface area (Å²) in [4.78, 5) is 0. The summed E-state index contributed by atoms with van der Waals surface area (Å²) in [6.45, 7) is 4.75. The second-order valence-corrected chi connectivity index (χ2v) is 9.73. The summed E-state index contributed by atoms with van der Waals surface area (Å²) in [5, 5.41) is 0. The third kappa shape index (κ3) is 10.6. The number of hydrogen-bond acceptors (Lipinski definition) is 1. The Morgan fingerprint density at radius 2 is 1.06 bits per heavy atom. The lowest BCUT2D eigenvalue weighted by molar-refractivity contribution is -0.693. The molecule has 0 saturated carbocycles. The number of nitrogens with zero attached hydrogens (tertiary/aromatic N) is 2. The van der Waals surface area contributed by atoms with E-state index in [-0.39, 0.29) is 0 Å². The molecule has 0 aliphatic rings. The molecule has 188 valence electrons. The molecule has 0 aliphatic heterocycles. The van der Waals surface area contributed by atoms with E-state index in [0.29, 0.717) is 0 Å². The van der Waals surface area contributed by atoms with Crippen molar-refractivity contribution in [1.29, 1.82) is 0 Å². The molecule has 3 rings (SSSR count). The summed E-state index contributed by atoms with van der Waals surface area (Å²) in [6, 6.07) is 19.0. The zero-order chi connectivity index (χ0) is 24.4. The normalized spacial score (nSPS) is 11.0. The second-order valence-electron chi connectivity index (χ2n) is 9.73. The smallest absolute Gasteiger partial charge is 0.177 e. The van der Waals surface area contributed by atoms with Gasteiger partial charge in [-0.05, 0) is 12.5 Å². The van der Waals surface area contributed by atoms with Gasteiger partial charge >= 0.3 is 0 Å². The van der Waals surface area contributed by atoms with E-state index in [2.05, 4.69) is 95.4 Å². The van der Waals surface area contributed by atoms with Crippen LogP contribution < -0.4 is 13.9 Å². The quantitative estimate of drug-likeness (QED) is 0.138. The maximum absolute atomic E-state index is 6.36. The van der Waals surface area contributed by atoms with Gasteiger partial charge in [-0.25, -0.2) is 9.13 Å². The van der Waals surface area contributed by atoms with Crippen LogP contribution in [-0.2, 0) is 13.1 Å². The first-order chi connectivity index (χ1) is 17.4. The van der Waals surface area contributed by atoms with Crippen LogP contribution in [-0.4, -0.2) is 6.61 Å². The first-order valence-corrected chi connectivity index (χ1v) is 14.0. The molecule has 3 nitrogen and oxygen atoms in total. The molecule has 0 spiro atoms. The molecule has 1 aromatic carbocycles. The molecule has 3 heteroatoms. The zero-order valence-electron chi connectivity index (χ0n) is 21.9. The molecule has 3 aromatic rings. The van der Waals surface area contributed by atoms with Gasteiger partial charge in [-0.15, -0.1) is 0 Å². The van der Waals surface area contributed by atoms with Crippen molar-refractivity contribution in [2.75, 3.05) is 6.61 Å². The standard InChI is InChI=1S/C32H46N2O/c1-2-3-4-5-6-7-8-9-10-11-12-19-27-35-32-22-20-21-30(28-33-23-15-13-16-24-33)31(32)29-34-25-17-14-18-26-34/h13-18,20-26H,2-12,19,27-29H2,1H3/q+2. The van der Waals surface area contributed by atoms with Gasteiger partial charge in [-0.3, -0.25) is 0 Å². The van der Waals surface area contributed by atoms with Crippen molar-refractivity contribution in [3.8, 4) is 5.75 Å². The van der Waals surface area contributed by atoms with Crippen LogP contribution in [0.25, 0.3) is 0 Å². The number of unbranched alkanes of at least 4 members (excludes halogenated alkanes) is 11. The lowest BCUT2D eigenvalue weighted by atomic mass is 10.0. The van der Waals surface area contributed by atoms with Gasteiger partial charge in [0.15, 0.2) is 37.9 Å². The Hall–Kier alpha value is -2.68. The Morgan fingerprint density at radius 3 is 1.63 bits per heavy atom. The van der Waals surface area contributed by atoms with Crippen molar-refractivity contribution in [3.05, 3.63) is 90.5 Å². The number of rotatable bonds is 18. The highest BCUT2D eigenvalue weighted by atomic mass is 16.5. The summed E-state index contributed by atoms with van der Waals surface area (Å²) in [5.74, 6) is 1.03. The van der Waals surface area contributed by atoms with E-state index in [1.807, 2.05) is 0 Å². The Balaban J connectivity index is 1.44. The molecule has 2 aromatic heterocycles. The van der Waals surface area contributed by atoms with Crippen LogP contribution in [0.1, 0.15) is 95.1 Å². The van der Waals surface area contributed by atoms with Crippen molar-refractivity contribution in [2.45, 2.75) is 97.1 Å². The number of aromatic nitrogens is 2. The summed E-state index contributed by atoms with van der Waals surface area (Å²) in [5.41, 5.74) is 2.59. The van der Waals surface area contributed by atoms with Gasteiger partial charge < -0.3 is 4.74 Å². The highest BCUT2D eigenvalue weighted by Crippen LogP contribution is 2.23. The number of benzene rings is 1. The lowest BCUT2D eigenvalue weighted by Gasteiger charge is -2.13. The Bertz CT molecular complexity index is 927. The second kappa shape index (κ2) is 16.9. The molecule has 0 bridgehead atoms. The Morgan fingerprint density at radius 1 is 0.543 bits per heavy atom. The predicted molar refractivity (Wildman–Crippen MR) is 144 cm³/mol. The summed E-state index contributed by atoms with van der Waals surface area (Å²) < 4.78 is 10.8. The van der Waals surface area contributed by atoms with E-state index in [4.69, 9.17) is 4.74 Å². The lowest BCUT2D eigenvalue weighted by Crippen LogP contribution is -2.36. The predicted octanol–water partition coefficient (Wildman–Crippen LogP) is 7.44. The molecule has 0 radical (unpaired) electrons. The molecule has 0 unspecified atom stereocenters. The first-order valence-electron chi connectivity index (χ1n) is 14.0. The van der Waals surface area contributed by atoms with Crippen LogP contribution in [0.4, 0.5) is 0 Å². The van der Waals surface area contributed by atoms with Crippen LogP contribution in [0, 0.1) is 0 Å². The molecule has 0 aliphatic carbocycles. The van der Waals surface area contributed by atoms with Crippen molar-refractivity contribution in [2.24, 2.45) is 0 Å². The van der Waals surface area contributed by atoms with E-state index in [0.717, 1.165) is 31.9 Å². The van der Waals surface area contributed by atoms with E-state index in [1.54, 1.807) is 0 Å². The van der Waals surface area contributed by atoms with Crippen LogP contribution >= 0.6 is 0 Å². The molecule has 35 heavy (non-hydrogen) atoms. The van der Waals surface area contributed by atoms with E-state index in [9.17, 15) is 0 Å². The minimum absolute atomic E-state index is 0.797. The molecule has 0 atom stereocenters. The summed E-state index contributed by atoms with van der Waals surface area (Å²) in [7, 11) is 0. The first kappa shape index (κ1) is 26.9. The highest BCUT2D eigenvalue weighted by Gasteiger charge is 2.17. The largest absolute Gasteiger partial charge is 0.493 e. The van der Waals surface area contributed by atoms with E-state index >= 15 is 0 Å². The van der Waals surface area contributed by atoms with Crippen molar-refractivity contribution in [1.82, 2.24) is 0 Å². The molecule has 2 heterocycles. The minimum atomic E-state index is 0.797.